The monoisotopic (exact) mass is 264 g/mol. The zero-order valence-electron chi connectivity index (χ0n) is 11.6. The lowest BCUT2D eigenvalue weighted by atomic mass is 9.85. The van der Waals surface area contributed by atoms with Gasteiger partial charge in [0.15, 0.2) is 0 Å². The van der Waals surface area contributed by atoms with Gasteiger partial charge in [-0.1, -0.05) is 6.42 Å². The van der Waals surface area contributed by atoms with Crippen LogP contribution in [0.2, 0.25) is 0 Å². The largest absolute Gasteiger partial charge is 0.465 e. The molecular formula is C14H20N2O3. The molecule has 1 aliphatic rings. The van der Waals surface area contributed by atoms with Gasteiger partial charge in [0.1, 0.15) is 5.69 Å². The molecule has 0 unspecified atom stereocenters. The Bertz CT molecular complexity index is 501. The Balaban J connectivity index is 2.10. The molecule has 104 valence electrons. The van der Waals surface area contributed by atoms with Crippen LogP contribution in [-0.2, 0) is 4.74 Å². The number of carbonyl (C=O) groups excluding carboxylic acids is 2. The minimum absolute atomic E-state index is 0.150. The van der Waals surface area contributed by atoms with Crippen molar-refractivity contribution in [3.8, 4) is 0 Å². The van der Waals surface area contributed by atoms with E-state index in [1.807, 2.05) is 0 Å². The van der Waals surface area contributed by atoms with Crippen molar-refractivity contribution in [2.75, 3.05) is 13.7 Å². The van der Waals surface area contributed by atoms with Gasteiger partial charge >= 0.3 is 5.97 Å². The number of methoxy groups -OCH3 is 1. The van der Waals surface area contributed by atoms with Gasteiger partial charge < -0.3 is 15.0 Å². The summed E-state index contributed by atoms with van der Waals surface area (Å²) in [5.74, 6) is 0.0485. The fourth-order valence-corrected chi connectivity index (χ4v) is 2.41. The van der Waals surface area contributed by atoms with Gasteiger partial charge in [-0.2, -0.15) is 0 Å². The van der Waals surface area contributed by atoms with E-state index >= 15 is 0 Å². The number of hydrogen-bond donors (Lipinski definition) is 2. The quantitative estimate of drug-likeness (QED) is 0.816. The molecule has 0 atom stereocenters. The van der Waals surface area contributed by atoms with Crippen molar-refractivity contribution in [3.63, 3.8) is 0 Å². The third kappa shape index (κ3) is 2.64. The summed E-state index contributed by atoms with van der Waals surface area (Å²) in [4.78, 5) is 26.7. The molecule has 1 saturated carbocycles. The summed E-state index contributed by atoms with van der Waals surface area (Å²) in [6.07, 6.45) is 3.64. The SMILES string of the molecule is COC(=O)c1c(C)[nH]c(C(=O)NCC2CCC2)c1C. The number of rotatable bonds is 4. The number of H-pyrrole nitrogens is 1. The summed E-state index contributed by atoms with van der Waals surface area (Å²) in [7, 11) is 1.34. The Kier molecular flexibility index (Phi) is 3.93. The number of ether oxygens (including phenoxy) is 1. The summed E-state index contributed by atoms with van der Waals surface area (Å²) in [6.45, 7) is 4.24. The number of aryl methyl sites for hydroxylation is 1. The molecule has 0 spiro atoms. The van der Waals surface area contributed by atoms with Gasteiger partial charge in [-0.25, -0.2) is 4.79 Å². The van der Waals surface area contributed by atoms with Crippen LogP contribution in [0.1, 0.15) is 51.4 Å². The first kappa shape index (κ1) is 13.6. The van der Waals surface area contributed by atoms with E-state index in [-0.39, 0.29) is 5.91 Å². The fourth-order valence-electron chi connectivity index (χ4n) is 2.41. The van der Waals surface area contributed by atoms with Gasteiger partial charge in [0.2, 0.25) is 0 Å². The van der Waals surface area contributed by atoms with E-state index in [9.17, 15) is 9.59 Å². The molecular weight excluding hydrogens is 244 g/mol. The van der Waals surface area contributed by atoms with Crippen LogP contribution in [-0.4, -0.2) is 30.5 Å². The number of amides is 1. The van der Waals surface area contributed by atoms with E-state index in [0.717, 1.165) is 0 Å². The Labute approximate surface area is 112 Å². The van der Waals surface area contributed by atoms with Crippen LogP contribution in [0.15, 0.2) is 0 Å². The maximum atomic E-state index is 12.1. The predicted molar refractivity (Wildman–Crippen MR) is 71.3 cm³/mol. The van der Waals surface area contributed by atoms with E-state index in [4.69, 9.17) is 4.74 Å². The average Bonchev–Trinajstić information content (AvgIpc) is 2.62. The fraction of sp³-hybridized carbons (Fsp3) is 0.571. The van der Waals surface area contributed by atoms with Gasteiger partial charge in [0.25, 0.3) is 5.91 Å². The van der Waals surface area contributed by atoms with Crippen molar-refractivity contribution >= 4 is 11.9 Å². The van der Waals surface area contributed by atoms with Crippen LogP contribution in [0.3, 0.4) is 0 Å². The lowest BCUT2D eigenvalue weighted by Crippen LogP contribution is -2.32. The molecule has 1 aliphatic carbocycles. The second-order valence-corrected chi connectivity index (χ2v) is 5.12. The van der Waals surface area contributed by atoms with E-state index in [0.29, 0.717) is 35.0 Å². The second kappa shape index (κ2) is 5.47. The molecule has 2 N–H and O–H groups in total. The summed E-state index contributed by atoms with van der Waals surface area (Å²) < 4.78 is 4.73. The summed E-state index contributed by atoms with van der Waals surface area (Å²) in [6, 6.07) is 0. The maximum Gasteiger partial charge on any atom is 0.339 e. The Morgan fingerprint density at radius 1 is 1.37 bits per heavy atom. The third-order valence-electron chi connectivity index (χ3n) is 3.83. The topological polar surface area (TPSA) is 71.2 Å². The maximum absolute atomic E-state index is 12.1. The molecule has 1 aromatic heterocycles. The van der Waals surface area contributed by atoms with Crippen molar-refractivity contribution in [1.29, 1.82) is 0 Å². The smallest absolute Gasteiger partial charge is 0.339 e. The Hall–Kier alpha value is -1.78. The lowest BCUT2D eigenvalue weighted by Gasteiger charge is -2.25. The zero-order valence-corrected chi connectivity index (χ0v) is 11.6. The highest BCUT2D eigenvalue weighted by Gasteiger charge is 2.23. The van der Waals surface area contributed by atoms with E-state index in [2.05, 4.69) is 10.3 Å². The number of aromatic nitrogens is 1. The highest BCUT2D eigenvalue weighted by Crippen LogP contribution is 2.25. The standard InChI is InChI=1S/C14H20N2O3/c1-8-11(14(18)19-3)9(2)16-12(8)13(17)15-7-10-5-4-6-10/h10,16H,4-7H2,1-3H3,(H,15,17). The molecule has 0 bridgehead atoms. The van der Waals surface area contributed by atoms with Crippen molar-refractivity contribution in [3.05, 3.63) is 22.5 Å². The van der Waals surface area contributed by atoms with E-state index in [1.165, 1.54) is 26.4 Å². The highest BCUT2D eigenvalue weighted by molar-refractivity contribution is 6.00. The first-order chi connectivity index (χ1) is 9.04. The summed E-state index contributed by atoms with van der Waals surface area (Å²) >= 11 is 0. The molecule has 0 aliphatic heterocycles. The molecule has 2 rings (SSSR count). The Morgan fingerprint density at radius 2 is 2.05 bits per heavy atom. The number of aromatic amines is 1. The Morgan fingerprint density at radius 3 is 2.58 bits per heavy atom. The van der Waals surface area contributed by atoms with Gasteiger partial charge in [-0.15, -0.1) is 0 Å². The van der Waals surface area contributed by atoms with Crippen molar-refractivity contribution in [1.82, 2.24) is 10.3 Å². The summed E-state index contributed by atoms with van der Waals surface area (Å²) in [5, 5.41) is 2.92. The minimum Gasteiger partial charge on any atom is -0.465 e. The second-order valence-electron chi connectivity index (χ2n) is 5.12. The molecule has 5 heteroatoms. The summed E-state index contributed by atoms with van der Waals surface area (Å²) in [5.41, 5.74) is 2.22. The van der Waals surface area contributed by atoms with Crippen LogP contribution in [0.5, 0.6) is 0 Å². The molecule has 19 heavy (non-hydrogen) atoms. The molecule has 0 saturated heterocycles. The number of nitrogens with one attached hydrogen (secondary N) is 2. The minimum atomic E-state index is -0.413. The highest BCUT2D eigenvalue weighted by atomic mass is 16.5. The predicted octanol–water partition coefficient (Wildman–Crippen LogP) is 1.95. The van der Waals surface area contributed by atoms with Gasteiger partial charge in [0, 0.05) is 12.2 Å². The van der Waals surface area contributed by atoms with Gasteiger partial charge in [0.05, 0.1) is 12.7 Å². The van der Waals surface area contributed by atoms with Crippen molar-refractivity contribution < 1.29 is 14.3 Å². The first-order valence-electron chi connectivity index (χ1n) is 6.60. The van der Waals surface area contributed by atoms with Crippen LogP contribution in [0, 0.1) is 19.8 Å². The zero-order chi connectivity index (χ0) is 14.0. The van der Waals surface area contributed by atoms with Crippen LogP contribution < -0.4 is 5.32 Å². The van der Waals surface area contributed by atoms with Crippen LogP contribution >= 0.6 is 0 Å². The molecule has 1 fully saturated rings. The van der Waals surface area contributed by atoms with Gasteiger partial charge in [-0.3, -0.25) is 4.79 Å². The molecule has 1 aromatic rings. The van der Waals surface area contributed by atoms with Crippen molar-refractivity contribution in [2.45, 2.75) is 33.1 Å². The number of hydrogen-bond acceptors (Lipinski definition) is 3. The van der Waals surface area contributed by atoms with E-state index in [1.54, 1.807) is 13.8 Å². The van der Waals surface area contributed by atoms with Gasteiger partial charge in [-0.05, 0) is 38.2 Å². The molecule has 0 aromatic carbocycles. The molecule has 0 radical (unpaired) electrons. The van der Waals surface area contributed by atoms with Crippen molar-refractivity contribution in [2.24, 2.45) is 5.92 Å². The lowest BCUT2D eigenvalue weighted by molar-refractivity contribution is 0.0599. The van der Waals surface area contributed by atoms with Crippen LogP contribution in [0.25, 0.3) is 0 Å². The molecule has 1 amide bonds. The average molecular weight is 264 g/mol. The number of esters is 1. The van der Waals surface area contributed by atoms with E-state index < -0.39 is 5.97 Å². The third-order valence-corrected chi connectivity index (χ3v) is 3.83. The first-order valence-corrected chi connectivity index (χ1v) is 6.60. The molecule has 1 heterocycles. The molecule has 5 nitrogen and oxygen atoms in total. The number of carbonyl (C=O) groups is 2. The normalized spacial score (nSPS) is 14.9. The van der Waals surface area contributed by atoms with Crippen LogP contribution in [0.4, 0.5) is 0 Å².